The summed E-state index contributed by atoms with van der Waals surface area (Å²) >= 11 is 0. The monoisotopic (exact) mass is 260 g/mol. The maximum absolute atomic E-state index is 11.0. The van der Waals surface area contributed by atoms with E-state index < -0.39 is 5.91 Å². The minimum atomic E-state index is -0.643. The molecule has 98 valence electrons. The van der Waals surface area contributed by atoms with E-state index in [9.17, 15) is 4.79 Å². The first-order valence-corrected chi connectivity index (χ1v) is 5.34. The second-order valence-corrected chi connectivity index (χ2v) is 3.51. The molecule has 8 nitrogen and oxygen atoms in total. The molecule has 0 spiro atoms. The Hall–Kier alpha value is -2.90. The number of aromatic nitrogens is 2. The highest BCUT2D eigenvalue weighted by molar-refractivity contribution is 5.94. The van der Waals surface area contributed by atoms with Crippen molar-refractivity contribution in [3.63, 3.8) is 0 Å². The van der Waals surface area contributed by atoms with Gasteiger partial charge in [0.1, 0.15) is 5.75 Å². The van der Waals surface area contributed by atoms with Crippen LogP contribution in [-0.4, -0.2) is 23.0 Å². The van der Waals surface area contributed by atoms with Gasteiger partial charge in [0, 0.05) is 0 Å². The Bertz CT molecular complexity index is 589. The number of aromatic amines is 1. The first-order valence-electron chi connectivity index (χ1n) is 5.34. The molecule has 8 heteroatoms. The first kappa shape index (κ1) is 12.6. The van der Waals surface area contributed by atoms with Gasteiger partial charge in [-0.25, -0.2) is 4.98 Å². The molecule has 0 aliphatic heterocycles. The van der Waals surface area contributed by atoms with Gasteiger partial charge in [-0.2, -0.15) is 0 Å². The van der Waals surface area contributed by atoms with Crippen LogP contribution < -0.4 is 15.9 Å². The maximum Gasteiger partial charge on any atom is 0.269 e. The summed E-state index contributed by atoms with van der Waals surface area (Å²) in [7, 11) is 1.59. The molecule has 0 atom stereocenters. The molecule has 0 unspecified atom stereocenters. The number of ether oxygens (including phenoxy) is 1. The highest BCUT2D eigenvalue weighted by Gasteiger charge is 2.09. The van der Waals surface area contributed by atoms with Crippen molar-refractivity contribution in [2.24, 2.45) is 16.1 Å². The molecule has 2 rings (SSSR count). The number of anilines is 1. The molecule has 1 amide bonds. The SMILES string of the molecule is COc1ccc(N/N=N/c2nc[nH]c2C(N)=O)cc1. The summed E-state index contributed by atoms with van der Waals surface area (Å²) in [4.78, 5) is 17.4. The van der Waals surface area contributed by atoms with Crippen LogP contribution in [0.3, 0.4) is 0 Å². The highest BCUT2D eigenvalue weighted by atomic mass is 16.5. The van der Waals surface area contributed by atoms with Gasteiger partial charge in [0.25, 0.3) is 5.91 Å². The van der Waals surface area contributed by atoms with Gasteiger partial charge < -0.3 is 15.5 Å². The summed E-state index contributed by atoms with van der Waals surface area (Å²) in [6.45, 7) is 0. The van der Waals surface area contributed by atoms with E-state index in [1.165, 1.54) is 6.33 Å². The van der Waals surface area contributed by atoms with E-state index in [1.54, 1.807) is 31.4 Å². The Morgan fingerprint density at radius 3 is 2.79 bits per heavy atom. The molecule has 0 aliphatic carbocycles. The number of H-pyrrole nitrogens is 1. The van der Waals surface area contributed by atoms with E-state index in [2.05, 4.69) is 25.7 Å². The maximum atomic E-state index is 11.0. The summed E-state index contributed by atoms with van der Waals surface area (Å²) in [6.07, 6.45) is 1.32. The van der Waals surface area contributed by atoms with Gasteiger partial charge in [0.2, 0.25) is 5.82 Å². The van der Waals surface area contributed by atoms with Crippen LogP contribution >= 0.6 is 0 Å². The number of methoxy groups -OCH3 is 1. The molecule has 0 aliphatic rings. The van der Waals surface area contributed by atoms with Crippen molar-refractivity contribution in [1.82, 2.24) is 9.97 Å². The number of nitrogens with two attached hydrogens (primary N) is 1. The van der Waals surface area contributed by atoms with Crippen molar-refractivity contribution < 1.29 is 9.53 Å². The summed E-state index contributed by atoms with van der Waals surface area (Å²) in [5.41, 5.74) is 8.66. The van der Waals surface area contributed by atoms with Crippen molar-refractivity contribution in [2.75, 3.05) is 12.5 Å². The fraction of sp³-hybridized carbons (Fsp3) is 0.0909. The molecule has 0 bridgehead atoms. The summed E-state index contributed by atoms with van der Waals surface area (Å²) < 4.78 is 5.03. The largest absolute Gasteiger partial charge is 0.497 e. The second-order valence-electron chi connectivity index (χ2n) is 3.51. The normalized spacial score (nSPS) is 10.6. The van der Waals surface area contributed by atoms with Crippen LogP contribution in [0, 0.1) is 0 Å². The predicted molar refractivity (Wildman–Crippen MR) is 68.2 cm³/mol. The smallest absolute Gasteiger partial charge is 0.269 e. The van der Waals surface area contributed by atoms with Gasteiger partial charge in [-0.1, -0.05) is 5.22 Å². The minimum Gasteiger partial charge on any atom is -0.497 e. The van der Waals surface area contributed by atoms with Gasteiger partial charge in [0.15, 0.2) is 5.69 Å². The Labute approximate surface area is 108 Å². The standard InChI is InChI=1S/C11H12N6O2/c1-19-8-4-2-7(3-5-8)15-17-16-11-9(10(12)18)13-6-14-11/h2-6H,1H3,(H2,12,18)(H,13,14)(H,15,16). The lowest BCUT2D eigenvalue weighted by molar-refractivity contribution is 0.0996. The lowest BCUT2D eigenvalue weighted by atomic mass is 10.3. The Kier molecular flexibility index (Phi) is 3.72. The summed E-state index contributed by atoms with van der Waals surface area (Å²) in [5, 5.41) is 7.49. The third kappa shape index (κ3) is 3.06. The number of carbonyl (C=O) groups is 1. The lowest BCUT2D eigenvalue weighted by Gasteiger charge is -2.01. The van der Waals surface area contributed by atoms with Crippen LogP contribution in [0.5, 0.6) is 5.75 Å². The number of hydrogen-bond donors (Lipinski definition) is 3. The van der Waals surface area contributed by atoms with Crippen LogP contribution in [0.1, 0.15) is 10.5 Å². The number of primary amides is 1. The number of carbonyl (C=O) groups excluding carboxylic acids is 1. The molecule has 0 fully saturated rings. The minimum absolute atomic E-state index is 0.111. The molecule has 0 radical (unpaired) electrons. The van der Waals surface area contributed by atoms with E-state index >= 15 is 0 Å². The third-order valence-electron chi connectivity index (χ3n) is 2.28. The van der Waals surface area contributed by atoms with E-state index in [0.29, 0.717) is 0 Å². The molecule has 1 heterocycles. The van der Waals surface area contributed by atoms with Crippen molar-refractivity contribution in [1.29, 1.82) is 0 Å². The topological polar surface area (TPSA) is 118 Å². The molecule has 2 aromatic rings. The van der Waals surface area contributed by atoms with E-state index in [-0.39, 0.29) is 11.5 Å². The van der Waals surface area contributed by atoms with Gasteiger partial charge in [-0.3, -0.25) is 10.2 Å². The zero-order valence-corrected chi connectivity index (χ0v) is 10.1. The quantitative estimate of drug-likeness (QED) is 0.559. The average molecular weight is 260 g/mol. The van der Waals surface area contributed by atoms with Crippen LogP contribution in [0.2, 0.25) is 0 Å². The fourth-order valence-corrected chi connectivity index (χ4v) is 1.34. The van der Waals surface area contributed by atoms with Crippen molar-refractivity contribution >= 4 is 17.4 Å². The predicted octanol–water partition coefficient (Wildman–Crippen LogP) is 1.63. The summed E-state index contributed by atoms with van der Waals surface area (Å²) in [5.74, 6) is 0.232. The van der Waals surface area contributed by atoms with Crippen molar-refractivity contribution in [3.8, 4) is 5.75 Å². The van der Waals surface area contributed by atoms with E-state index in [1.807, 2.05) is 0 Å². The van der Waals surface area contributed by atoms with Crippen LogP contribution in [-0.2, 0) is 0 Å². The Morgan fingerprint density at radius 1 is 1.42 bits per heavy atom. The van der Waals surface area contributed by atoms with Crippen LogP contribution in [0.4, 0.5) is 11.5 Å². The molecular weight excluding hydrogens is 248 g/mol. The third-order valence-corrected chi connectivity index (χ3v) is 2.28. The molecular formula is C11H12N6O2. The molecule has 1 aromatic heterocycles. The number of nitrogens with one attached hydrogen (secondary N) is 2. The highest BCUT2D eigenvalue weighted by Crippen LogP contribution is 2.16. The number of amides is 1. The van der Waals surface area contributed by atoms with Gasteiger partial charge in [-0.05, 0) is 24.3 Å². The second kappa shape index (κ2) is 5.63. The van der Waals surface area contributed by atoms with E-state index in [0.717, 1.165) is 11.4 Å². The lowest BCUT2D eigenvalue weighted by Crippen LogP contribution is -2.11. The number of rotatable bonds is 5. The molecule has 4 N–H and O–H groups in total. The van der Waals surface area contributed by atoms with Gasteiger partial charge >= 0.3 is 0 Å². The molecule has 1 aromatic carbocycles. The zero-order chi connectivity index (χ0) is 13.7. The van der Waals surface area contributed by atoms with Crippen LogP contribution in [0.15, 0.2) is 40.9 Å². The van der Waals surface area contributed by atoms with Gasteiger partial charge in [0.05, 0.1) is 19.1 Å². The molecule has 19 heavy (non-hydrogen) atoms. The van der Waals surface area contributed by atoms with Crippen molar-refractivity contribution in [2.45, 2.75) is 0 Å². The van der Waals surface area contributed by atoms with Gasteiger partial charge in [-0.15, -0.1) is 5.11 Å². The number of hydrogen-bond acceptors (Lipinski definition) is 5. The Morgan fingerprint density at radius 2 is 2.16 bits per heavy atom. The fourth-order valence-electron chi connectivity index (χ4n) is 1.34. The zero-order valence-electron chi connectivity index (χ0n) is 10.1. The average Bonchev–Trinajstić information content (AvgIpc) is 2.88. The molecule has 0 saturated carbocycles. The molecule has 0 saturated heterocycles. The summed E-state index contributed by atoms with van der Waals surface area (Å²) in [6, 6.07) is 7.11. The van der Waals surface area contributed by atoms with Crippen LogP contribution in [0.25, 0.3) is 0 Å². The number of imidazole rings is 1. The van der Waals surface area contributed by atoms with Crippen molar-refractivity contribution in [3.05, 3.63) is 36.3 Å². The van der Waals surface area contributed by atoms with E-state index in [4.69, 9.17) is 10.5 Å². The Balaban J connectivity index is 2.02. The number of benzene rings is 1. The number of nitrogens with zero attached hydrogens (tertiary/aromatic N) is 3. The first-order chi connectivity index (χ1) is 9.20.